The molecule has 3 heterocycles. The van der Waals surface area contributed by atoms with Crippen molar-refractivity contribution in [2.45, 2.75) is 24.9 Å². The van der Waals surface area contributed by atoms with Gasteiger partial charge in [-0.15, -0.1) is 0 Å². The minimum atomic E-state index is -0.255. The second-order valence-electron chi connectivity index (χ2n) is 5.00. The molecule has 2 aliphatic heterocycles. The van der Waals surface area contributed by atoms with Gasteiger partial charge in [0.05, 0.1) is 24.0 Å². The van der Waals surface area contributed by atoms with Crippen molar-refractivity contribution in [1.29, 1.82) is 0 Å². The molecule has 3 rings (SSSR count). The van der Waals surface area contributed by atoms with E-state index < -0.39 is 0 Å². The molecule has 1 spiro atoms. The number of ketones is 1. The lowest BCUT2D eigenvalue weighted by Crippen LogP contribution is -2.42. The number of rotatable bonds is 2. The second-order valence-corrected chi connectivity index (χ2v) is 5.34. The molecule has 18 heavy (non-hydrogen) atoms. The topological polar surface area (TPSA) is 48.7 Å². The molecule has 1 aromatic heterocycles. The number of halogens is 1. The van der Waals surface area contributed by atoms with Crippen LogP contribution in [0.25, 0.3) is 0 Å². The molecule has 2 fully saturated rings. The van der Waals surface area contributed by atoms with Crippen LogP contribution in [0.5, 0.6) is 0 Å². The largest absolute Gasteiger partial charge is 0.452 e. The van der Waals surface area contributed by atoms with Crippen LogP contribution in [0.3, 0.4) is 0 Å². The molecule has 2 atom stereocenters. The lowest BCUT2D eigenvalue weighted by atomic mass is 9.81. The molecule has 0 N–H and O–H groups in total. The van der Waals surface area contributed by atoms with Gasteiger partial charge in [-0.05, 0) is 30.5 Å². The molecule has 0 radical (unpaired) electrons. The van der Waals surface area contributed by atoms with E-state index in [-0.39, 0.29) is 22.5 Å². The lowest BCUT2D eigenvalue weighted by molar-refractivity contribution is -0.0920. The van der Waals surface area contributed by atoms with Gasteiger partial charge in [-0.1, -0.05) is 0 Å². The van der Waals surface area contributed by atoms with Crippen molar-refractivity contribution in [1.82, 2.24) is 0 Å². The number of furan rings is 1. The third-order valence-corrected chi connectivity index (χ3v) is 4.11. The van der Waals surface area contributed by atoms with Crippen LogP contribution in [-0.4, -0.2) is 31.2 Å². The maximum atomic E-state index is 12.4. The fourth-order valence-electron chi connectivity index (χ4n) is 2.80. The van der Waals surface area contributed by atoms with E-state index in [0.717, 1.165) is 12.8 Å². The monoisotopic (exact) mass is 270 g/mol. The SMILES string of the molecule is O=C(c1ccoc1Cl)C1CCOC2(CCOC2)C1. The molecule has 5 heteroatoms. The number of hydrogen-bond acceptors (Lipinski definition) is 4. The van der Waals surface area contributed by atoms with Gasteiger partial charge < -0.3 is 13.9 Å². The predicted molar refractivity (Wildman–Crippen MR) is 64.9 cm³/mol. The van der Waals surface area contributed by atoms with Gasteiger partial charge in [-0.25, -0.2) is 0 Å². The van der Waals surface area contributed by atoms with Gasteiger partial charge in [-0.3, -0.25) is 4.79 Å². The summed E-state index contributed by atoms with van der Waals surface area (Å²) in [6.45, 7) is 1.92. The summed E-state index contributed by atoms with van der Waals surface area (Å²) in [5.41, 5.74) is 0.229. The number of hydrogen-bond donors (Lipinski definition) is 0. The van der Waals surface area contributed by atoms with Crippen LogP contribution >= 0.6 is 11.6 Å². The van der Waals surface area contributed by atoms with Crippen molar-refractivity contribution in [2.24, 2.45) is 5.92 Å². The molecule has 2 unspecified atom stereocenters. The number of carbonyl (C=O) groups is 1. The summed E-state index contributed by atoms with van der Waals surface area (Å²) >= 11 is 5.86. The van der Waals surface area contributed by atoms with E-state index in [1.54, 1.807) is 6.07 Å². The van der Waals surface area contributed by atoms with Crippen molar-refractivity contribution in [2.75, 3.05) is 19.8 Å². The summed E-state index contributed by atoms with van der Waals surface area (Å²) in [5, 5.41) is 0.184. The summed E-state index contributed by atoms with van der Waals surface area (Å²) in [7, 11) is 0. The Hall–Kier alpha value is -0.840. The molecule has 1 aromatic rings. The Labute approximate surface area is 110 Å². The van der Waals surface area contributed by atoms with Gasteiger partial charge in [-0.2, -0.15) is 0 Å². The second kappa shape index (κ2) is 4.68. The van der Waals surface area contributed by atoms with E-state index in [4.69, 9.17) is 25.5 Å². The molecular weight excluding hydrogens is 256 g/mol. The van der Waals surface area contributed by atoms with E-state index >= 15 is 0 Å². The average Bonchev–Trinajstić information content (AvgIpc) is 2.98. The molecule has 0 amide bonds. The Morgan fingerprint density at radius 2 is 2.33 bits per heavy atom. The Morgan fingerprint density at radius 3 is 3.00 bits per heavy atom. The minimum absolute atomic E-state index is 0.0458. The van der Waals surface area contributed by atoms with Gasteiger partial charge in [0.15, 0.2) is 5.78 Å². The number of ether oxygens (including phenoxy) is 2. The summed E-state index contributed by atoms with van der Waals surface area (Å²) in [6.07, 6.45) is 3.77. The first-order valence-electron chi connectivity index (χ1n) is 6.19. The van der Waals surface area contributed by atoms with Crippen molar-refractivity contribution in [3.8, 4) is 0 Å². The molecule has 2 saturated heterocycles. The molecule has 0 saturated carbocycles. The first-order chi connectivity index (χ1) is 8.70. The van der Waals surface area contributed by atoms with E-state index in [0.29, 0.717) is 31.8 Å². The fourth-order valence-corrected chi connectivity index (χ4v) is 3.01. The van der Waals surface area contributed by atoms with Crippen molar-refractivity contribution in [3.63, 3.8) is 0 Å². The first-order valence-corrected chi connectivity index (χ1v) is 6.57. The quantitative estimate of drug-likeness (QED) is 0.776. The third-order valence-electron chi connectivity index (χ3n) is 3.81. The average molecular weight is 271 g/mol. The third kappa shape index (κ3) is 2.09. The molecule has 4 nitrogen and oxygen atoms in total. The Bertz CT molecular complexity index is 448. The van der Waals surface area contributed by atoms with Crippen LogP contribution < -0.4 is 0 Å². The lowest BCUT2D eigenvalue weighted by Gasteiger charge is -2.36. The standard InChI is InChI=1S/C13H15ClO4/c14-12-10(2-4-17-12)11(15)9-1-5-18-13(7-9)3-6-16-8-13/h2,4,9H,1,3,5-8H2. The highest BCUT2D eigenvalue weighted by atomic mass is 35.5. The molecule has 98 valence electrons. The summed E-state index contributed by atoms with van der Waals surface area (Å²) in [4.78, 5) is 12.4. The van der Waals surface area contributed by atoms with Crippen molar-refractivity contribution < 1.29 is 18.7 Å². The highest BCUT2D eigenvalue weighted by molar-refractivity contribution is 6.32. The molecule has 0 aliphatic carbocycles. The van der Waals surface area contributed by atoms with Crippen LogP contribution in [0.4, 0.5) is 0 Å². The Morgan fingerprint density at radius 1 is 1.44 bits per heavy atom. The fraction of sp³-hybridized carbons (Fsp3) is 0.615. The highest BCUT2D eigenvalue weighted by Crippen LogP contribution is 2.37. The van der Waals surface area contributed by atoms with Gasteiger partial charge in [0, 0.05) is 25.6 Å². The molecule has 0 bridgehead atoms. The zero-order valence-corrected chi connectivity index (χ0v) is 10.7. The maximum absolute atomic E-state index is 12.4. The Kier molecular flexibility index (Phi) is 3.18. The summed E-state index contributed by atoms with van der Waals surface area (Å²) in [6, 6.07) is 1.64. The Balaban J connectivity index is 1.76. The van der Waals surface area contributed by atoms with Crippen LogP contribution in [0.1, 0.15) is 29.6 Å². The van der Waals surface area contributed by atoms with E-state index in [2.05, 4.69) is 0 Å². The zero-order chi connectivity index (χ0) is 12.6. The van der Waals surface area contributed by atoms with E-state index in [1.165, 1.54) is 6.26 Å². The molecule has 2 aliphatic rings. The van der Waals surface area contributed by atoms with Gasteiger partial charge in [0.2, 0.25) is 5.22 Å². The van der Waals surface area contributed by atoms with Crippen LogP contribution in [0, 0.1) is 5.92 Å². The van der Waals surface area contributed by atoms with Gasteiger partial charge >= 0.3 is 0 Å². The molecule has 0 aromatic carbocycles. The summed E-state index contributed by atoms with van der Waals surface area (Å²) in [5.74, 6) is 0.0128. The highest BCUT2D eigenvalue weighted by Gasteiger charge is 2.43. The van der Waals surface area contributed by atoms with Crippen molar-refractivity contribution in [3.05, 3.63) is 23.1 Å². The van der Waals surface area contributed by atoms with Crippen LogP contribution in [0.2, 0.25) is 5.22 Å². The predicted octanol–water partition coefficient (Wildman–Crippen LogP) is 2.70. The normalized spacial score (nSPS) is 31.9. The smallest absolute Gasteiger partial charge is 0.203 e. The van der Waals surface area contributed by atoms with Crippen LogP contribution in [-0.2, 0) is 9.47 Å². The van der Waals surface area contributed by atoms with Gasteiger partial charge in [0.25, 0.3) is 0 Å². The van der Waals surface area contributed by atoms with Gasteiger partial charge in [0.1, 0.15) is 0 Å². The van der Waals surface area contributed by atoms with Crippen molar-refractivity contribution >= 4 is 17.4 Å². The first kappa shape index (κ1) is 12.2. The van der Waals surface area contributed by atoms with E-state index in [9.17, 15) is 4.79 Å². The number of Topliss-reactive ketones (excluding diaryl/α,β-unsaturated/α-hetero) is 1. The number of carbonyl (C=O) groups excluding carboxylic acids is 1. The minimum Gasteiger partial charge on any atom is -0.452 e. The molecular formula is C13H15ClO4. The zero-order valence-electron chi connectivity index (χ0n) is 9.99. The summed E-state index contributed by atoms with van der Waals surface area (Å²) < 4.78 is 16.2. The van der Waals surface area contributed by atoms with Crippen LogP contribution in [0.15, 0.2) is 16.7 Å². The van der Waals surface area contributed by atoms with E-state index in [1.807, 2.05) is 0 Å². The maximum Gasteiger partial charge on any atom is 0.203 e.